The Balaban J connectivity index is 1.72. The molecule has 1 unspecified atom stereocenters. The molecule has 4 heteroatoms. The van der Waals surface area contributed by atoms with E-state index < -0.39 is 0 Å². The van der Waals surface area contributed by atoms with Crippen molar-refractivity contribution in [3.63, 3.8) is 0 Å². The first kappa shape index (κ1) is 12.1. The van der Waals surface area contributed by atoms with Gasteiger partial charge >= 0.3 is 0 Å². The molecule has 0 bridgehead atoms. The van der Waals surface area contributed by atoms with Gasteiger partial charge in [0.15, 0.2) is 6.29 Å². The average molecular weight is 248 g/mol. The number of ether oxygens (including phenoxy) is 2. The summed E-state index contributed by atoms with van der Waals surface area (Å²) in [5.41, 5.74) is 0. The second kappa shape index (κ2) is 6.38. The Bertz CT molecular complexity index is 177. The second-order valence-electron chi connectivity index (χ2n) is 4.20. The van der Waals surface area contributed by atoms with Crippen LogP contribution in [0.5, 0.6) is 0 Å². The molecule has 0 aromatic heterocycles. The lowest BCUT2D eigenvalue weighted by atomic mass is 10.1. The summed E-state index contributed by atoms with van der Waals surface area (Å²) in [6, 6.07) is 0. The molecule has 0 N–H and O–H groups in total. The summed E-state index contributed by atoms with van der Waals surface area (Å²) in [4.78, 5) is 0. The molecule has 2 nitrogen and oxygen atoms in total. The van der Waals surface area contributed by atoms with Crippen LogP contribution in [0.15, 0.2) is 0 Å². The number of hydrogen-bond donors (Lipinski definition) is 0. The Morgan fingerprint density at radius 3 is 2.47 bits per heavy atom. The summed E-state index contributed by atoms with van der Waals surface area (Å²) in [7, 11) is 0. The first-order valence-corrected chi connectivity index (χ1v) is 7.92. The molecule has 0 radical (unpaired) electrons. The number of hydrogen-bond acceptors (Lipinski definition) is 4. The molecule has 0 spiro atoms. The maximum Gasteiger partial charge on any atom is 0.160 e. The van der Waals surface area contributed by atoms with Gasteiger partial charge in [-0.3, -0.25) is 0 Å². The van der Waals surface area contributed by atoms with Crippen LogP contribution in [0.4, 0.5) is 0 Å². The first-order valence-electron chi connectivity index (χ1n) is 5.82. The average Bonchev–Trinajstić information content (AvgIpc) is 2.31. The minimum Gasteiger partial charge on any atom is -0.352 e. The van der Waals surface area contributed by atoms with Crippen molar-refractivity contribution in [3.05, 3.63) is 0 Å². The lowest BCUT2D eigenvalue weighted by Crippen LogP contribution is -2.32. The smallest absolute Gasteiger partial charge is 0.160 e. The van der Waals surface area contributed by atoms with Gasteiger partial charge in [0, 0.05) is 5.92 Å². The monoisotopic (exact) mass is 248 g/mol. The lowest BCUT2D eigenvalue weighted by molar-refractivity contribution is -0.202. The molecule has 2 heterocycles. The maximum atomic E-state index is 5.64. The van der Waals surface area contributed by atoms with E-state index in [1.807, 2.05) is 0 Å². The topological polar surface area (TPSA) is 18.5 Å². The summed E-state index contributed by atoms with van der Waals surface area (Å²) in [6.07, 6.45) is 3.70. The molecule has 0 aromatic carbocycles. The van der Waals surface area contributed by atoms with Crippen molar-refractivity contribution < 1.29 is 9.47 Å². The maximum absolute atomic E-state index is 5.64. The van der Waals surface area contributed by atoms with Crippen molar-refractivity contribution in [2.45, 2.75) is 37.1 Å². The molecule has 0 aromatic rings. The predicted octanol–water partition coefficient (Wildman–Crippen LogP) is 2.97. The predicted molar refractivity (Wildman–Crippen MR) is 67.4 cm³/mol. The van der Waals surface area contributed by atoms with Gasteiger partial charge < -0.3 is 9.47 Å². The fraction of sp³-hybridized carbons (Fsp3) is 1.00. The highest BCUT2D eigenvalue weighted by Gasteiger charge is 2.25. The summed E-state index contributed by atoms with van der Waals surface area (Å²) < 4.78 is 12.0. The Labute approximate surface area is 101 Å². The lowest BCUT2D eigenvalue weighted by Gasteiger charge is -2.31. The fourth-order valence-electron chi connectivity index (χ4n) is 1.92. The van der Waals surface area contributed by atoms with Gasteiger partial charge in [-0.25, -0.2) is 0 Å². The van der Waals surface area contributed by atoms with E-state index in [2.05, 4.69) is 30.4 Å². The van der Waals surface area contributed by atoms with Gasteiger partial charge in [-0.15, -0.1) is 23.5 Å². The molecule has 2 saturated heterocycles. The normalized spacial score (nSPS) is 27.8. The van der Waals surface area contributed by atoms with Crippen LogP contribution in [0.3, 0.4) is 0 Å². The molecule has 2 rings (SSSR count). The largest absolute Gasteiger partial charge is 0.352 e. The summed E-state index contributed by atoms with van der Waals surface area (Å²) in [5, 5.41) is 0. The highest BCUT2D eigenvalue weighted by atomic mass is 32.2. The van der Waals surface area contributed by atoms with Crippen molar-refractivity contribution in [1.82, 2.24) is 0 Å². The minimum atomic E-state index is 0.0573. The SMILES string of the molecule is CC(CC1SCCCS1)C1OCCCO1. The Kier molecular flexibility index (Phi) is 5.14. The standard InChI is InChI=1S/C11H20O2S2/c1-9(11-12-4-2-5-13-11)8-10-14-6-3-7-15-10/h9-11H,2-8H2,1H3. The molecule has 1 atom stereocenters. The van der Waals surface area contributed by atoms with E-state index in [9.17, 15) is 0 Å². The first-order chi connectivity index (χ1) is 7.36. The summed E-state index contributed by atoms with van der Waals surface area (Å²) in [5.74, 6) is 3.20. The molecule has 0 saturated carbocycles. The molecular formula is C11H20O2S2. The van der Waals surface area contributed by atoms with Gasteiger partial charge in [0.1, 0.15) is 0 Å². The Morgan fingerprint density at radius 1 is 1.13 bits per heavy atom. The van der Waals surface area contributed by atoms with Gasteiger partial charge in [0.25, 0.3) is 0 Å². The minimum absolute atomic E-state index is 0.0573. The molecule has 2 aliphatic heterocycles. The van der Waals surface area contributed by atoms with Gasteiger partial charge in [0.2, 0.25) is 0 Å². The highest BCUT2D eigenvalue weighted by Crippen LogP contribution is 2.36. The zero-order chi connectivity index (χ0) is 10.5. The van der Waals surface area contributed by atoms with Gasteiger partial charge in [-0.2, -0.15) is 0 Å². The third kappa shape index (κ3) is 3.84. The molecule has 15 heavy (non-hydrogen) atoms. The molecule has 0 amide bonds. The van der Waals surface area contributed by atoms with E-state index in [-0.39, 0.29) is 6.29 Å². The van der Waals surface area contributed by atoms with Crippen LogP contribution in [0.25, 0.3) is 0 Å². The molecule has 2 aliphatic rings. The third-order valence-electron chi connectivity index (χ3n) is 2.78. The molecule has 88 valence electrons. The Morgan fingerprint density at radius 2 is 1.80 bits per heavy atom. The van der Waals surface area contributed by atoms with E-state index >= 15 is 0 Å². The van der Waals surface area contributed by atoms with Crippen LogP contribution in [0, 0.1) is 5.92 Å². The fourth-order valence-corrected chi connectivity index (χ4v) is 5.09. The van der Waals surface area contributed by atoms with Crippen LogP contribution in [-0.4, -0.2) is 35.6 Å². The zero-order valence-electron chi connectivity index (χ0n) is 9.31. The number of thioether (sulfide) groups is 2. The van der Waals surface area contributed by atoms with Crippen LogP contribution in [-0.2, 0) is 9.47 Å². The van der Waals surface area contributed by atoms with Crippen molar-refractivity contribution >= 4 is 23.5 Å². The van der Waals surface area contributed by atoms with E-state index in [1.54, 1.807) is 0 Å². The van der Waals surface area contributed by atoms with Gasteiger partial charge in [-0.1, -0.05) is 6.92 Å². The second-order valence-corrected chi connectivity index (χ2v) is 7.12. The number of rotatable bonds is 3. The van der Waals surface area contributed by atoms with Gasteiger partial charge in [0.05, 0.1) is 17.8 Å². The van der Waals surface area contributed by atoms with Crippen molar-refractivity contribution in [1.29, 1.82) is 0 Å². The third-order valence-corrected chi connectivity index (χ3v) is 5.77. The Hall–Kier alpha value is 0.620. The molecule has 0 aliphatic carbocycles. The van der Waals surface area contributed by atoms with Crippen molar-refractivity contribution in [2.24, 2.45) is 5.92 Å². The quantitative estimate of drug-likeness (QED) is 0.764. The van der Waals surface area contributed by atoms with E-state index in [4.69, 9.17) is 9.47 Å². The van der Waals surface area contributed by atoms with Crippen molar-refractivity contribution in [3.8, 4) is 0 Å². The summed E-state index contributed by atoms with van der Waals surface area (Å²) in [6.45, 7) is 4.01. The van der Waals surface area contributed by atoms with Gasteiger partial charge in [-0.05, 0) is 30.8 Å². The van der Waals surface area contributed by atoms with Crippen LogP contribution >= 0.6 is 23.5 Å². The van der Waals surface area contributed by atoms with Crippen LogP contribution < -0.4 is 0 Å². The van der Waals surface area contributed by atoms with Crippen LogP contribution in [0.1, 0.15) is 26.2 Å². The molecular weight excluding hydrogens is 228 g/mol. The van der Waals surface area contributed by atoms with E-state index in [0.29, 0.717) is 5.92 Å². The van der Waals surface area contributed by atoms with E-state index in [0.717, 1.165) is 24.2 Å². The van der Waals surface area contributed by atoms with Crippen molar-refractivity contribution in [2.75, 3.05) is 24.7 Å². The summed E-state index contributed by atoms with van der Waals surface area (Å²) >= 11 is 4.21. The zero-order valence-corrected chi connectivity index (χ0v) is 10.9. The highest BCUT2D eigenvalue weighted by molar-refractivity contribution is 8.17. The van der Waals surface area contributed by atoms with E-state index in [1.165, 1.54) is 24.3 Å². The molecule has 2 fully saturated rings. The van der Waals surface area contributed by atoms with Crippen LogP contribution in [0.2, 0.25) is 0 Å².